The van der Waals surface area contributed by atoms with Gasteiger partial charge in [0.05, 0.1) is 24.5 Å². The van der Waals surface area contributed by atoms with E-state index in [1.165, 1.54) is 23.4 Å². The number of carbonyl (C=O) groups excluding carboxylic acids is 1. The predicted octanol–water partition coefficient (Wildman–Crippen LogP) is 2.07. The Kier molecular flexibility index (Phi) is 2.90. The first-order valence-electron chi connectivity index (χ1n) is 7.84. The van der Waals surface area contributed by atoms with Crippen LogP contribution in [-0.4, -0.2) is 27.1 Å². The molecule has 0 bridgehead atoms. The third-order valence-electron chi connectivity index (χ3n) is 4.94. The maximum atomic E-state index is 12.6. The number of carbonyl (C=O) groups is 1. The minimum Gasteiger partial charge on any atom is -0.335 e. The first kappa shape index (κ1) is 12.2. The van der Waals surface area contributed by atoms with Gasteiger partial charge in [0.1, 0.15) is 0 Å². The molecule has 1 aliphatic heterocycles. The van der Waals surface area contributed by atoms with Crippen LogP contribution in [-0.2, 0) is 30.7 Å². The Labute approximate surface area is 119 Å². The van der Waals surface area contributed by atoms with E-state index in [4.69, 9.17) is 5.10 Å². The molecule has 2 aliphatic carbocycles. The van der Waals surface area contributed by atoms with E-state index < -0.39 is 0 Å². The van der Waals surface area contributed by atoms with Crippen molar-refractivity contribution < 1.29 is 4.79 Å². The van der Waals surface area contributed by atoms with Gasteiger partial charge in [-0.2, -0.15) is 5.10 Å². The quantitative estimate of drug-likeness (QED) is 0.733. The molecule has 1 aromatic rings. The predicted molar refractivity (Wildman–Crippen MR) is 76.2 cm³/mol. The van der Waals surface area contributed by atoms with Gasteiger partial charge in [-0.15, -0.1) is 0 Å². The molecule has 0 aromatic carbocycles. The van der Waals surface area contributed by atoms with E-state index in [0.717, 1.165) is 51.7 Å². The van der Waals surface area contributed by atoms with Crippen molar-refractivity contribution in [2.24, 2.45) is 5.92 Å². The normalized spacial score (nSPS) is 24.6. The maximum Gasteiger partial charge on any atom is 0.226 e. The number of aromatic nitrogens is 2. The fourth-order valence-electron chi connectivity index (χ4n) is 3.81. The number of rotatable bonds is 1. The summed E-state index contributed by atoms with van der Waals surface area (Å²) in [6.07, 6.45) is 10.9. The molecule has 1 aromatic heterocycles. The SMILES string of the molecule is O=C(C1CC=CCC1)N1CCn2nc3c(c2C1)CCC3. The van der Waals surface area contributed by atoms with Crippen molar-refractivity contribution in [3.63, 3.8) is 0 Å². The van der Waals surface area contributed by atoms with E-state index in [-0.39, 0.29) is 5.92 Å². The molecule has 3 aliphatic rings. The van der Waals surface area contributed by atoms with Crippen LogP contribution in [0.1, 0.15) is 42.6 Å². The van der Waals surface area contributed by atoms with E-state index in [0.29, 0.717) is 5.91 Å². The van der Waals surface area contributed by atoms with Gasteiger partial charge in [-0.3, -0.25) is 9.48 Å². The van der Waals surface area contributed by atoms with Crippen LogP contribution in [0.3, 0.4) is 0 Å². The highest BCUT2D eigenvalue weighted by Gasteiger charge is 2.31. The van der Waals surface area contributed by atoms with Crippen molar-refractivity contribution in [1.82, 2.24) is 14.7 Å². The molecule has 1 amide bonds. The summed E-state index contributed by atoms with van der Waals surface area (Å²) in [5.74, 6) is 0.566. The standard InChI is InChI=1S/C16H21N3O/c20-16(12-5-2-1-3-6-12)18-9-10-19-15(11-18)13-7-4-8-14(13)17-19/h1-2,12H,3-11H2. The molecule has 0 spiro atoms. The van der Waals surface area contributed by atoms with Crippen molar-refractivity contribution in [2.45, 2.75) is 51.6 Å². The molecule has 4 nitrogen and oxygen atoms in total. The number of nitrogens with zero attached hydrogens (tertiary/aromatic N) is 3. The molecule has 0 radical (unpaired) electrons. The zero-order valence-corrected chi connectivity index (χ0v) is 11.8. The van der Waals surface area contributed by atoms with Gasteiger partial charge in [0, 0.05) is 12.5 Å². The van der Waals surface area contributed by atoms with E-state index in [2.05, 4.69) is 21.7 Å². The Hall–Kier alpha value is -1.58. The third-order valence-corrected chi connectivity index (χ3v) is 4.94. The number of amides is 1. The fraction of sp³-hybridized carbons (Fsp3) is 0.625. The minimum atomic E-state index is 0.211. The number of fused-ring (bicyclic) bond motifs is 3. The van der Waals surface area contributed by atoms with Crippen molar-refractivity contribution in [3.8, 4) is 0 Å². The van der Waals surface area contributed by atoms with Crippen LogP contribution in [0.25, 0.3) is 0 Å². The second-order valence-corrected chi connectivity index (χ2v) is 6.19. The van der Waals surface area contributed by atoms with Gasteiger partial charge in [0.15, 0.2) is 0 Å². The van der Waals surface area contributed by atoms with E-state index in [1.807, 2.05) is 0 Å². The lowest BCUT2D eigenvalue weighted by Gasteiger charge is -2.32. The van der Waals surface area contributed by atoms with Gasteiger partial charge in [-0.25, -0.2) is 0 Å². The Balaban J connectivity index is 1.54. The Morgan fingerprint density at radius 2 is 2.20 bits per heavy atom. The zero-order chi connectivity index (χ0) is 13.5. The van der Waals surface area contributed by atoms with Gasteiger partial charge < -0.3 is 4.90 Å². The maximum absolute atomic E-state index is 12.6. The molecule has 4 heteroatoms. The molecule has 0 fully saturated rings. The highest BCUT2D eigenvalue weighted by Crippen LogP contribution is 2.29. The summed E-state index contributed by atoms with van der Waals surface area (Å²) < 4.78 is 2.15. The third kappa shape index (κ3) is 1.89. The first-order chi connectivity index (χ1) is 9.83. The van der Waals surface area contributed by atoms with Crippen LogP contribution in [0.4, 0.5) is 0 Å². The molecule has 20 heavy (non-hydrogen) atoms. The van der Waals surface area contributed by atoms with E-state index >= 15 is 0 Å². The molecule has 0 N–H and O–H groups in total. The summed E-state index contributed by atoms with van der Waals surface area (Å²) in [6, 6.07) is 0. The zero-order valence-electron chi connectivity index (χ0n) is 11.8. The second kappa shape index (κ2) is 4.76. The first-order valence-corrected chi connectivity index (χ1v) is 7.84. The van der Waals surface area contributed by atoms with E-state index in [9.17, 15) is 4.79 Å². The lowest BCUT2D eigenvalue weighted by molar-refractivity contribution is -0.137. The molecule has 4 rings (SSSR count). The number of allylic oxidation sites excluding steroid dienone is 2. The summed E-state index contributed by atoms with van der Waals surface area (Å²) in [5.41, 5.74) is 4.03. The van der Waals surface area contributed by atoms with Crippen molar-refractivity contribution >= 4 is 5.91 Å². The summed E-state index contributed by atoms with van der Waals surface area (Å²) in [6.45, 7) is 2.48. The highest BCUT2D eigenvalue weighted by molar-refractivity contribution is 5.79. The molecule has 1 unspecified atom stereocenters. The van der Waals surface area contributed by atoms with Gasteiger partial charge in [0.25, 0.3) is 0 Å². The second-order valence-electron chi connectivity index (χ2n) is 6.19. The van der Waals surface area contributed by atoms with Crippen LogP contribution in [0.15, 0.2) is 12.2 Å². The Bertz CT molecular complexity index is 573. The smallest absolute Gasteiger partial charge is 0.226 e. The lowest BCUT2D eigenvalue weighted by atomic mass is 9.93. The Morgan fingerprint density at radius 3 is 3.05 bits per heavy atom. The lowest BCUT2D eigenvalue weighted by Crippen LogP contribution is -2.42. The molecule has 2 heterocycles. The van der Waals surface area contributed by atoms with Crippen LogP contribution in [0.5, 0.6) is 0 Å². The fourth-order valence-corrected chi connectivity index (χ4v) is 3.81. The summed E-state index contributed by atoms with van der Waals surface area (Å²) >= 11 is 0. The van der Waals surface area contributed by atoms with Crippen LogP contribution in [0.2, 0.25) is 0 Å². The molecular weight excluding hydrogens is 250 g/mol. The average Bonchev–Trinajstić information content (AvgIpc) is 3.07. The molecule has 106 valence electrons. The van der Waals surface area contributed by atoms with Crippen LogP contribution in [0, 0.1) is 5.92 Å². The largest absolute Gasteiger partial charge is 0.335 e. The number of hydrogen-bond donors (Lipinski definition) is 0. The Morgan fingerprint density at radius 1 is 1.25 bits per heavy atom. The van der Waals surface area contributed by atoms with Crippen LogP contribution < -0.4 is 0 Å². The van der Waals surface area contributed by atoms with E-state index in [1.54, 1.807) is 0 Å². The summed E-state index contributed by atoms with van der Waals surface area (Å²) in [4.78, 5) is 14.7. The highest BCUT2D eigenvalue weighted by atomic mass is 16.2. The monoisotopic (exact) mass is 271 g/mol. The summed E-state index contributed by atoms with van der Waals surface area (Å²) in [5, 5.41) is 4.71. The van der Waals surface area contributed by atoms with Gasteiger partial charge in [-0.1, -0.05) is 12.2 Å². The number of hydrogen-bond acceptors (Lipinski definition) is 2. The van der Waals surface area contributed by atoms with Gasteiger partial charge in [0.2, 0.25) is 5.91 Å². The molecule has 0 saturated heterocycles. The van der Waals surface area contributed by atoms with Gasteiger partial charge in [-0.05, 0) is 44.1 Å². The van der Waals surface area contributed by atoms with Crippen molar-refractivity contribution in [1.29, 1.82) is 0 Å². The topological polar surface area (TPSA) is 38.1 Å². The van der Waals surface area contributed by atoms with Gasteiger partial charge >= 0.3 is 0 Å². The molecular formula is C16H21N3O. The molecule has 0 saturated carbocycles. The molecule has 1 atom stereocenters. The van der Waals surface area contributed by atoms with Crippen molar-refractivity contribution in [2.75, 3.05) is 6.54 Å². The van der Waals surface area contributed by atoms with Crippen molar-refractivity contribution in [3.05, 3.63) is 29.1 Å². The van der Waals surface area contributed by atoms with Crippen LogP contribution >= 0.6 is 0 Å². The minimum absolute atomic E-state index is 0.211. The number of aryl methyl sites for hydroxylation is 1. The average molecular weight is 271 g/mol. The summed E-state index contributed by atoms with van der Waals surface area (Å²) in [7, 11) is 0.